The summed E-state index contributed by atoms with van der Waals surface area (Å²) in [6.07, 6.45) is 0.00452. The molecule has 0 radical (unpaired) electrons. The van der Waals surface area contributed by atoms with E-state index >= 15 is 0 Å². The summed E-state index contributed by atoms with van der Waals surface area (Å²) < 4.78 is 21.3. The van der Waals surface area contributed by atoms with Crippen LogP contribution < -0.4 is 18.9 Å². The van der Waals surface area contributed by atoms with E-state index in [1.807, 2.05) is 6.07 Å². The molecule has 1 aromatic carbocycles. The second-order valence-electron chi connectivity index (χ2n) is 3.89. The largest absolute Gasteiger partial charge is 0.492 e. The molecule has 0 saturated carbocycles. The third kappa shape index (κ3) is 2.10. The van der Waals surface area contributed by atoms with Gasteiger partial charge in [-0.25, -0.2) is 0 Å². The number of rotatable bonds is 4. The number of methoxy groups -OCH3 is 2. The van der Waals surface area contributed by atoms with Crippen LogP contribution in [0.4, 0.5) is 0 Å². The van der Waals surface area contributed by atoms with E-state index in [1.54, 1.807) is 21.1 Å². The highest BCUT2D eigenvalue weighted by atomic mass is 16.7. The van der Waals surface area contributed by atoms with Crippen molar-refractivity contribution in [3.8, 4) is 23.0 Å². The van der Waals surface area contributed by atoms with Crippen molar-refractivity contribution in [3.05, 3.63) is 11.6 Å². The molecule has 1 aliphatic rings. The highest BCUT2D eigenvalue weighted by molar-refractivity contribution is 5.63. The molecular formula is C12H16O5. The van der Waals surface area contributed by atoms with E-state index < -0.39 is 6.10 Å². The Hall–Kier alpha value is -1.62. The molecule has 5 nitrogen and oxygen atoms in total. The Balaban J connectivity index is 2.51. The Labute approximate surface area is 99.9 Å². The molecule has 0 aromatic heterocycles. The molecule has 2 rings (SSSR count). The third-order valence-electron chi connectivity index (χ3n) is 2.57. The zero-order chi connectivity index (χ0) is 12.4. The normalized spacial score (nSPS) is 14.6. The van der Waals surface area contributed by atoms with E-state index in [0.717, 1.165) is 5.56 Å². The fourth-order valence-electron chi connectivity index (χ4n) is 1.93. The summed E-state index contributed by atoms with van der Waals surface area (Å²) in [5.74, 6) is 2.27. The lowest BCUT2D eigenvalue weighted by atomic mass is 10.1. The predicted molar refractivity (Wildman–Crippen MR) is 61.1 cm³/mol. The maximum Gasteiger partial charge on any atom is 0.231 e. The average Bonchev–Trinajstić information content (AvgIpc) is 2.73. The minimum Gasteiger partial charge on any atom is -0.492 e. The van der Waals surface area contributed by atoms with Crippen molar-refractivity contribution in [1.82, 2.24) is 0 Å². The summed E-state index contributed by atoms with van der Waals surface area (Å²) in [7, 11) is 3.11. The van der Waals surface area contributed by atoms with E-state index in [4.69, 9.17) is 18.9 Å². The molecule has 0 aliphatic carbocycles. The summed E-state index contributed by atoms with van der Waals surface area (Å²) in [5.41, 5.74) is 0.837. The topological polar surface area (TPSA) is 57.2 Å². The van der Waals surface area contributed by atoms with E-state index in [-0.39, 0.29) is 6.79 Å². The first-order valence-corrected chi connectivity index (χ1v) is 5.39. The van der Waals surface area contributed by atoms with Crippen molar-refractivity contribution in [3.63, 3.8) is 0 Å². The van der Waals surface area contributed by atoms with E-state index in [2.05, 4.69) is 0 Å². The van der Waals surface area contributed by atoms with Crippen LogP contribution in [0.2, 0.25) is 0 Å². The zero-order valence-electron chi connectivity index (χ0n) is 10.1. The van der Waals surface area contributed by atoms with Gasteiger partial charge in [0.05, 0.1) is 20.3 Å². The fourth-order valence-corrected chi connectivity index (χ4v) is 1.93. The first-order chi connectivity index (χ1) is 8.17. The summed E-state index contributed by atoms with van der Waals surface area (Å²) in [6.45, 7) is 1.89. The van der Waals surface area contributed by atoms with Crippen molar-refractivity contribution < 1.29 is 24.1 Å². The van der Waals surface area contributed by atoms with Crippen LogP contribution in [-0.2, 0) is 6.42 Å². The first kappa shape index (κ1) is 11.9. The lowest BCUT2D eigenvalue weighted by molar-refractivity contribution is 0.170. The summed E-state index contributed by atoms with van der Waals surface area (Å²) in [5, 5.41) is 9.47. The first-order valence-electron chi connectivity index (χ1n) is 5.39. The average molecular weight is 240 g/mol. The third-order valence-corrected chi connectivity index (χ3v) is 2.57. The number of hydrogen-bond acceptors (Lipinski definition) is 5. The number of benzene rings is 1. The molecule has 0 fully saturated rings. The summed E-state index contributed by atoms with van der Waals surface area (Å²) in [6, 6.07) is 1.82. The Kier molecular flexibility index (Phi) is 3.28. The number of ether oxygens (including phenoxy) is 4. The van der Waals surface area contributed by atoms with Crippen LogP contribution in [-0.4, -0.2) is 32.2 Å². The van der Waals surface area contributed by atoms with Gasteiger partial charge in [0, 0.05) is 12.0 Å². The van der Waals surface area contributed by atoms with Crippen LogP contribution in [0, 0.1) is 0 Å². The maximum atomic E-state index is 9.47. The van der Waals surface area contributed by atoms with Crippen molar-refractivity contribution >= 4 is 0 Å². The van der Waals surface area contributed by atoms with Gasteiger partial charge in [0.1, 0.15) is 0 Å². The van der Waals surface area contributed by atoms with Crippen LogP contribution in [0.25, 0.3) is 0 Å². The van der Waals surface area contributed by atoms with Gasteiger partial charge in [-0.15, -0.1) is 0 Å². The van der Waals surface area contributed by atoms with Crippen molar-refractivity contribution in [2.75, 3.05) is 21.0 Å². The van der Waals surface area contributed by atoms with Gasteiger partial charge in [0.2, 0.25) is 18.3 Å². The molecule has 0 amide bonds. The Morgan fingerprint density at radius 3 is 2.59 bits per heavy atom. The van der Waals surface area contributed by atoms with E-state index in [1.165, 1.54) is 0 Å². The van der Waals surface area contributed by atoms with Crippen LogP contribution in [0.15, 0.2) is 6.07 Å². The van der Waals surface area contributed by atoms with Gasteiger partial charge in [-0.1, -0.05) is 0 Å². The summed E-state index contributed by atoms with van der Waals surface area (Å²) >= 11 is 0. The molecular weight excluding hydrogens is 224 g/mol. The Morgan fingerprint density at radius 2 is 2.00 bits per heavy atom. The van der Waals surface area contributed by atoms with E-state index in [0.29, 0.717) is 29.4 Å². The zero-order valence-corrected chi connectivity index (χ0v) is 10.1. The van der Waals surface area contributed by atoms with Gasteiger partial charge in [-0.05, 0) is 13.0 Å². The van der Waals surface area contributed by atoms with E-state index in [9.17, 15) is 5.11 Å². The number of aliphatic hydroxyl groups excluding tert-OH is 1. The van der Waals surface area contributed by atoms with Crippen molar-refractivity contribution in [2.45, 2.75) is 19.4 Å². The minimum atomic E-state index is -0.464. The fraction of sp³-hybridized carbons (Fsp3) is 0.500. The van der Waals surface area contributed by atoms with Crippen LogP contribution in [0.5, 0.6) is 23.0 Å². The molecule has 1 N–H and O–H groups in total. The lowest BCUT2D eigenvalue weighted by Gasteiger charge is -2.15. The lowest BCUT2D eigenvalue weighted by Crippen LogP contribution is -2.06. The molecule has 0 bridgehead atoms. The predicted octanol–water partition coefficient (Wildman–Crippen LogP) is 1.36. The standard InChI is InChI=1S/C12H16O5/c1-7(13)4-8-5-9-11(17-6-16-9)12(15-3)10(8)14-2/h5,7,13H,4,6H2,1-3H3. The molecule has 5 heteroatoms. The molecule has 1 atom stereocenters. The number of hydrogen-bond donors (Lipinski definition) is 1. The van der Waals surface area contributed by atoms with Crippen molar-refractivity contribution in [2.24, 2.45) is 0 Å². The second kappa shape index (κ2) is 4.71. The number of aliphatic hydroxyl groups is 1. The van der Waals surface area contributed by atoms with Crippen molar-refractivity contribution in [1.29, 1.82) is 0 Å². The van der Waals surface area contributed by atoms with Crippen LogP contribution >= 0.6 is 0 Å². The van der Waals surface area contributed by atoms with Gasteiger partial charge >= 0.3 is 0 Å². The molecule has 17 heavy (non-hydrogen) atoms. The van der Waals surface area contributed by atoms with Crippen LogP contribution in [0.3, 0.4) is 0 Å². The van der Waals surface area contributed by atoms with Gasteiger partial charge in [-0.3, -0.25) is 0 Å². The SMILES string of the molecule is COc1c(CC(C)O)cc2c(c1OC)OCO2. The molecule has 1 aromatic rings. The summed E-state index contributed by atoms with van der Waals surface area (Å²) in [4.78, 5) is 0. The van der Waals surface area contributed by atoms with Gasteiger partial charge < -0.3 is 24.1 Å². The number of fused-ring (bicyclic) bond motifs is 1. The molecule has 0 spiro atoms. The molecule has 1 unspecified atom stereocenters. The molecule has 1 heterocycles. The quantitative estimate of drug-likeness (QED) is 0.861. The monoisotopic (exact) mass is 240 g/mol. The maximum absolute atomic E-state index is 9.47. The Morgan fingerprint density at radius 1 is 1.29 bits per heavy atom. The van der Waals surface area contributed by atoms with Crippen LogP contribution in [0.1, 0.15) is 12.5 Å². The minimum absolute atomic E-state index is 0.174. The molecule has 94 valence electrons. The second-order valence-corrected chi connectivity index (χ2v) is 3.89. The van der Waals surface area contributed by atoms with Gasteiger partial charge in [0.15, 0.2) is 11.5 Å². The highest BCUT2D eigenvalue weighted by Gasteiger charge is 2.26. The highest BCUT2D eigenvalue weighted by Crippen LogP contribution is 2.49. The molecule has 1 aliphatic heterocycles. The van der Waals surface area contributed by atoms with Gasteiger partial charge in [0.25, 0.3) is 0 Å². The Bertz CT molecular complexity index is 414. The van der Waals surface area contributed by atoms with Gasteiger partial charge in [-0.2, -0.15) is 0 Å². The smallest absolute Gasteiger partial charge is 0.231 e. The molecule has 0 saturated heterocycles.